The summed E-state index contributed by atoms with van der Waals surface area (Å²) in [6.45, 7) is 4.03. The molecule has 5 aromatic rings. The maximum Gasteiger partial charge on any atom is 0.190 e. The number of hydrogen-bond donors (Lipinski definition) is 1. The molecule has 0 amide bonds. The van der Waals surface area contributed by atoms with Gasteiger partial charge in [-0.1, -0.05) is 89.6 Å². The van der Waals surface area contributed by atoms with Crippen molar-refractivity contribution in [1.82, 2.24) is 10.1 Å². The minimum atomic E-state index is 0.711. The molecule has 3 aromatic carbocycles. The smallest absolute Gasteiger partial charge is 0.190 e. The van der Waals surface area contributed by atoms with E-state index in [1.807, 2.05) is 37.5 Å². The summed E-state index contributed by atoms with van der Waals surface area (Å²) < 4.78 is 5.70. The summed E-state index contributed by atoms with van der Waals surface area (Å²) in [6, 6.07) is 29.2. The molecule has 0 spiro atoms. The standard InChI is InChI=1S/C28H23N3O/c1-19-7-6-10-24(15-19)25-16-26(18-29-17-25)30-27-20(2)31-32-28(27)23-13-11-22(12-14-23)21-8-4-3-5-9-21/h3-18,30H,1-2H3. The fraction of sp³-hybridized carbons (Fsp3) is 0.0714. The van der Waals surface area contributed by atoms with Gasteiger partial charge in [-0.25, -0.2) is 0 Å². The van der Waals surface area contributed by atoms with Crippen LogP contribution in [0, 0.1) is 13.8 Å². The van der Waals surface area contributed by atoms with Crippen LogP contribution in [0.25, 0.3) is 33.6 Å². The summed E-state index contributed by atoms with van der Waals surface area (Å²) in [5.74, 6) is 0.711. The third-order valence-corrected chi connectivity index (χ3v) is 5.48. The fourth-order valence-corrected chi connectivity index (χ4v) is 3.79. The van der Waals surface area contributed by atoms with Gasteiger partial charge in [0.25, 0.3) is 0 Å². The lowest BCUT2D eigenvalue weighted by atomic mass is 10.0. The lowest BCUT2D eigenvalue weighted by Gasteiger charge is -2.09. The summed E-state index contributed by atoms with van der Waals surface area (Å²) >= 11 is 0. The molecule has 0 aliphatic rings. The molecule has 32 heavy (non-hydrogen) atoms. The zero-order valence-corrected chi connectivity index (χ0v) is 18.0. The molecule has 0 saturated heterocycles. The molecule has 2 aromatic heterocycles. The number of nitrogens with one attached hydrogen (secondary N) is 1. The highest BCUT2D eigenvalue weighted by atomic mass is 16.5. The molecule has 0 saturated carbocycles. The van der Waals surface area contributed by atoms with Crippen LogP contribution < -0.4 is 5.32 Å². The molecule has 0 unspecified atom stereocenters. The quantitative estimate of drug-likeness (QED) is 0.323. The van der Waals surface area contributed by atoms with Gasteiger partial charge in [-0.05, 0) is 36.6 Å². The zero-order valence-electron chi connectivity index (χ0n) is 18.0. The number of rotatable bonds is 5. The van der Waals surface area contributed by atoms with Crippen molar-refractivity contribution in [3.8, 4) is 33.6 Å². The Morgan fingerprint density at radius 3 is 2.16 bits per heavy atom. The average molecular weight is 418 g/mol. The molecule has 0 atom stereocenters. The van der Waals surface area contributed by atoms with Crippen molar-refractivity contribution in [3.05, 3.63) is 109 Å². The van der Waals surface area contributed by atoms with Crippen LogP contribution >= 0.6 is 0 Å². The first-order valence-corrected chi connectivity index (χ1v) is 10.6. The first-order valence-electron chi connectivity index (χ1n) is 10.6. The Morgan fingerprint density at radius 2 is 1.38 bits per heavy atom. The van der Waals surface area contributed by atoms with E-state index < -0.39 is 0 Å². The molecule has 5 rings (SSSR count). The molecule has 2 heterocycles. The topological polar surface area (TPSA) is 51.0 Å². The normalized spacial score (nSPS) is 10.8. The highest BCUT2D eigenvalue weighted by molar-refractivity contribution is 5.80. The van der Waals surface area contributed by atoms with Gasteiger partial charge in [0.05, 0.1) is 11.9 Å². The second-order valence-electron chi connectivity index (χ2n) is 7.87. The summed E-state index contributed by atoms with van der Waals surface area (Å²) in [6.07, 6.45) is 3.69. The Kier molecular flexibility index (Phi) is 5.26. The molecular formula is C28H23N3O. The number of nitrogens with zero attached hydrogens (tertiary/aromatic N) is 2. The Hall–Kier alpha value is -4.18. The SMILES string of the molecule is Cc1cccc(-c2cncc(Nc3c(C)noc3-c3ccc(-c4ccccc4)cc3)c2)c1. The van der Waals surface area contributed by atoms with Gasteiger partial charge in [-0.2, -0.15) is 0 Å². The molecule has 0 radical (unpaired) electrons. The minimum Gasteiger partial charge on any atom is -0.354 e. The van der Waals surface area contributed by atoms with Crippen molar-refractivity contribution >= 4 is 11.4 Å². The average Bonchev–Trinajstić information content (AvgIpc) is 3.20. The number of aromatic nitrogens is 2. The van der Waals surface area contributed by atoms with Gasteiger partial charge in [0.15, 0.2) is 5.76 Å². The Bertz CT molecular complexity index is 1360. The first kappa shape index (κ1) is 19.8. The lowest BCUT2D eigenvalue weighted by Crippen LogP contribution is -1.94. The molecule has 0 bridgehead atoms. The van der Waals surface area contributed by atoms with Gasteiger partial charge in [0.1, 0.15) is 11.4 Å². The number of benzene rings is 3. The maximum absolute atomic E-state index is 5.70. The molecule has 0 aliphatic heterocycles. The predicted molar refractivity (Wildman–Crippen MR) is 130 cm³/mol. The Labute approximate surface area is 187 Å². The number of anilines is 2. The largest absolute Gasteiger partial charge is 0.354 e. The third-order valence-electron chi connectivity index (χ3n) is 5.48. The predicted octanol–water partition coefficient (Wildman–Crippen LogP) is 7.43. The molecular weight excluding hydrogens is 394 g/mol. The van der Waals surface area contributed by atoms with E-state index in [4.69, 9.17) is 4.52 Å². The summed E-state index contributed by atoms with van der Waals surface area (Å²) in [4.78, 5) is 4.43. The number of aryl methyl sites for hydroxylation is 2. The first-order chi connectivity index (χ1) is 15.7. The molecule has 0 aliphatic carbocycles. The van der Waals surface area contributed by atoms with Gasteiger partial charge >= 0.3 is 0 Å². The van der Waals surface area contributed by atoms with Crippen molar-refractivity contribution in [2.45, 2.75) is 13.8 Å². The Morgan fingerprint density at radius 1 is 0.656 bits per heavy atom. The Balaban J connectivity index is 1.44. The van der Waals surface area contributed by atoms with E-state index in [1.54, 1.807) is 0 Å². The van der Waals surface area contributed by atoms with Gasteiger partial charge in [0.2, 0.25) is 0 Å². The van der Waals surface area contributed by atoms with E-state index in [0.717, 1.165) is 39.3 Å². The molecule has 156 valence electrons. The van der Waals surface area contributed by atoms with E-state index >= 15 is 0 Å². The van der Waals surface area contributed by atoms with Crippen LogP contribution in [0.4, 0.5) is 11.4 Å². The lowest BCUT2D eigenvalue weighted by molar-refractivity contribution is 0.427. The molecule has 4 heteroatoms. The van der Waals surface area contributed by atoms with Gasteiger partial charge < -0.3 is 9.84 Å². The number of hydrogen-bond acceptors (Lipinski definition) is 4. The van der Waals surface area contributed by atoms with Crippen LogP contribution in [0.3, 0.4) is 0 Å². The number of pyridine rings is 1. The van der Waals surface area contributed by atoms with Crippen LogP contribution in [0.15, 0.2) is 102 Å². The van der Waals surface area contributed by atoms with E-state index in [2.05, 4.69) is 89.1 Å². The van der Waals surface area contributed by atoms with E-state index in [1.165, 1.54) is 11.1 Å². The zero-order chi connectivity index (χ0) is 21.9. The second-order valence-corrected chi connectivity index (χ2v) is 7.87. The summed E-state index contributed by atoms with van der Waals surface area (Å²) in [5.41, 5.74) is 9.26. The molecule has 0 fully saturated rings. The van der Waals surface area contributed by atoms with Gasteiger partial charge in [-0.15, -0.1) is 0 Å². The van der Waals surface area contributed by atoms with Crippen molar-refractivity contribution in [1.29, 1.82) is 0 Å². The maximum atomic E-state index is 5.70. The van der Waals surface area contributed by atoms with Crippen molar-refractivity contribution in [2.75, 3.05) is 5.32 Å². The van der Waals surface area contributed by atoms with Crippen LogP contribution in [-0.4, -0.2) is 10.1 Å². The monoisotopic (exact) mass is 417 g/mol. The summed E-state index contributed by atoms with van der Waals surface area (Å²) in [7, 11) is 0. The van der Waals surface area contributed by atoms with E-state index in [9.17, 15) is 0 Å². The van der Waals surface area contributed by atoms with Crippen molar-refractivity contribution in [2.24, 2.45) is 0 Å². The van der Waals surface area contributed by atoms with Crippen LogP contribution in [0.5, 0.6) is 0 Å². The molecule has 1 N–H and O–H groups in total. The van der Waals surface area contributed by atoms with Crippen LogP contribution in [0.1, 0.15) is 11.3 Å². The van der Waals surface area contributed by atoms with Crippen LogP contribution in [0.2, 0.25) is 0 Å². The van der Waals surface area contributed by atoms with E-state index in [-0.39, 0.29) is 0 Å². The van der Waals surface area contributed by atoms with Crippen molar-refractivity contribution in [3.63, 3.8) is 0 Å². The second kappa shape index (κ2) is 8.52. The third kappa shape index (κ3) is 4.03. The van der Waals surface area contributed by atoms with Gasteiger partial charge in [0, 0.05) is 17.3 Å². The van der Waals surface area contributed by atoms with Gasteiger partial charge in [-0.3, -0.25) is 4.98 Å². The highest BCUT2D eigenvalue weighted by Gasteiger charge is 2.16. The highest BCUT2D eigenvalue weighted by Crippen LogP contribution is 2.35. The van der Waals surface area contributed by atoms with Crippen LogP contribution in [-0.2, 0) is 0 Å². The minimum absolute atomic E-state index is 0.711. The van der Waals surface area contributed by atoms with E-state index in [0.29, 0.717) is 5.76 Å². The summed E-state index contributed by atoms with van der Waals surface area (Å²) in [5, 5.41) is 7.68. The molecule has 4 nitrogen and oxygen atoms in total. The van der Waals surface area contributed by atoms with Crippen molar-refractivity contribution < 1.29 is 4.52 Å². The fourth-order valence-electron chi connectivity index (χ4n) is 3.79.